The Hall–Kier alpha value is -4.02. The number of carbonyl (C=O) groups is 2. The minimum atomic E-state index is -0.751. The Morgan fingerprint density at radius 1 is 1.29 bits per heavy atom. The van der Waals surface area contributed by atoms with Crippen LogP contribution in [0.15, 0.2) is 82.6 Å². The number of fused-ring (bicyclic) bond motifs is 1. The van der Waals surface area contributed by atoms with Crippen molar-refractivity contribution in [2.24, 2.45) is 10.8 Å². The summed E-state index contributed by atoms with van der Waals surface area (Å²) in [7, 11) is 3.52. The summed E-state index contributed by atoms with van der Waals surface area (Å²) in [6, 6.07) is 15.2. The average Bonchev–Trinajstić information content (AvgIpc) is 3.29. The molecule has 0 saturated carbocycles. The van der Waals surface area contributed by atoms with E-state index in [0.717, 1.165) is 30.0 Å². The Bertz CT molecular complexity index is 1300. The number of carbonyl (C=O) groups excluding carboxylic acids is 2. The van der Waals surface area contributed by atoms with Crippen molar-refractivity contribution in [1.29, 1.82) is 5.41 Å². The number of nitrogens with one attached hydrogen (secondary N) is 3. The number of allylic oxidation sites excluding steroid dienone is 2. The minimum absolute atomic E-state index is 0.212. The normalized spacial score (nSPS) is 14.5. The topological polar surface area (TPSA) is 140 Å². The third-order valence-corrected chi connectivity index (χ3v) is 6.26. The number of nitrogens with zero attached hydrogens (tertiary/aromatic N) is 3. The smallest absolute Gasteiger partial charge is 0.231 e. The summed E-state index contributed by atoms with van der Waals surface area (Å²) in [5.74, 6) is -1.30. The molecule has 0 radical (unpaired) electrons. The van der Waals surface area contributed by atoms with Gasteiger partial charge in [-0.15, -0.1) is 0 Å². The fourth-order valence-electron chi connectivity index (χ4n) is 3.58. The number of hydrazone groups is 1. The maximum atomic E-state index is 12.0. The lowest BCUT2D eigenvalue weighted by atomic mass is 10.00. The first-order valence-electron chi connectivity index (χ1n) is 10.7. The third kappa shape index (κ3) is 5.92. The highest BCUT2D eigenvalue weighted by Gasteiger charge is 2.29. The number of thioether (sulfide) groups is 1. The van der Waals surface area contributed by atoms with E-state index in [-0.39, 0.29) is 5.70 Å². The van der Waals surface area contributed by atoms with Crippen molar-refractivity contribution in [3.63, 3.8) is 0 Å². The summed E-state index contributed by atoms with van der Waals surface area (Å²) in [6.45, 7) is 4.77. The molecule has 5 N–H and O–H groups in total. The molecule has 180 valence electrons. The number of primary amides is 1. The van der Waals surface area contributed by atoms with Crippen LogP contribution < -0.4 is 11.1 Å². The quantitative estimate of drug-likeness (QED) is 0.297. The second-order valence-electron chi connectivity index (χ2n) is 7.57. The van der Waals surface area contributed by atoms with Crippen molar-refractivity contribution in [3.8, 4) is 0 Å². The number of hydrogen-bond donors (Lipinski definition) is 4. The molecule has 1 amide bonds. The zero-order chi connectivity index (χ0) is 25.4. The van der Waals surface area contributed by atoms with E-state index < -0.39 is 11.8 Å². The Morgan fingerprint density at radius 2 is 2.03 bits per heavy atom. The molecule has 1 aliphatic heterocycles. The Morgan fingerprint density at radius 3 is 2.66 bits per heavy atom. The van der Waals surface area contributed by atoms with Crippen LogP contribution >= 0.6 is 11.8 Å². The second kappa shape index (κ2) is 11.9. The molecule has 9 nitrogen and oxygen atoms in total. The number of benzene rings is 2. The lowest BCUT2D eigenvalue weighted by Gasteiger charge is -2.17. The highest BCUT2D eigenvalue weighted by atomic mass is 32.2. The van der Waals surface area contributed by atoms with E-state index in [4.69, 9.17) is 11.1 Å². The largest absolute Gasteiger partial charge is 0.369 e. The Kier molecular flexibility index (Phi) is 8.71. The van der Waals surface area contributed by atoms with Crippen LogP contribution in [0, 0.1) is 5.41 Å². The molecular formula is C25H27N7O2S. The Balaban J connectivity index is 0.000000237. The number of nitrogens with two attached hydrogens (primary N) is 1. The van der Waals surface area contributed by atoms with E-state index in [0.29, 0.717) is 27.4 Å². The first-order valence-corrected chi connectivity index (χ1v) is 11.5. The van der Waals surface area contributed by atoms with E-state index in [1.807, 2.05) is 43.6 Å². The molecule has 0 spiro atoms. The van der Waals surface area contributed by atoms with Crippen LogP contribution in [0.4, 0.5) is 0 Å². The van der Waals surface area contributed by atoms with E-state index in [1.165, 1.54) is 16.0 Å². The van der Waals surface area contributed by atoms with E-state index in [1.54, 1.807) is 19.2 Å². The molecule has 3 aromatic rings. The van der Waals surface area contributed by atoms with Crippen LogP contribution in [0.25, 0.3) is 10.9 Å². The number of amides is 1. The van der Waals surface area contributed by atoms with Gasteiger partial charge in [-0.05, 0) is 24.2 Å². The van der Waals surface area contributed by atoms with E-state index in [9.17, 15) is 9.59 Å². The second-order valence-corrected chi connectivity index (χ2v) is 8.69. The lowest BCUT2D eigenvalue weighted by molar-refractivity contribution is -0.118. The van der Waals surface area contributed by atoms with Gasteiger partial charge in [0.15, 0.2) is 6.29 Å². The molecule has 35 heavy (non-hydrogen) atoms. The van der Waals surface area contributed by atoms with Crippen LogP contribution in [-0.2, 0) is 16.1 Å². The van der Waals surface area contributed by atoms with Gasteiger partial charge in [0.25, 0.3) is 0 Å². The van der Waals surface area contributed by atoms with Crippen molar-refractivity contribution in [2.45, 2.75) is 12.5 Å². The van der Waals surface area contributed by atoms with Crippen molar-refractivity contribution in [1.82, 2.24) is 20.5 Å². The van der Waals surface area contributed by atoms with Gasteiger partial charge < -0.3 is 16.5 Å². The third-order valence-electron chi connectivity index (χ3n) is 5.26. The number of rotatable bonds is 7. The molecular weight excluding hydrogens is 462 g/mol. The number of H-pyrrole nitrogens is 1. The van der Waals surface area contributed by atoms with Gasteiger partial charge in [-0.3, -0.25) is 19.7 Å². The molecule has 1 unspecified atom stereocenters. The predicted octanol–water partition coefficient (Wildman–Crippen LogP) is 3.15. The van der Waals surface area contributed by atoms with Crippen molar-refractivity contribution >= 4 is 46.1 Å². The molecule has 0 saturated heterocycles. The fraction of sp³-hybridized carbons (Fsp3) is 0.160. The summed E-state index contributed by atoms with van der Waals surface area (Å²) in [5.41, 5.74) is 9.23. The van der Waals surface area contributed by atoms with Crippen LogP contribution in [0.2, 0.25) is 0 Å². The van der Waals surface area contributed by atoms with E-state index >= 15 is 0 Å². The van der Waals surface area contributed by atoms with Crippen molar-refractivity contribution in [3.05, 3.63) is 88.6 Å². The number of likely N-dealkylation sites (N-methyl/N-ethyl adjacent to an activating group) is 1. The van der Waals surface area contributed by atoms with E-state index in [2.05, 4.69) is 33.3 Å². The lowest BCUT2D eigenvalue weighted by Crippen LogP contribution is -2.28. The molecule has 1 aliphatic rings. The first-order chi connectivity index (χ1) is 16.9. The maximum absolute atomic E-state index is 12.0. The SMILES string of the molecule is C=C1SC(C(C(N)=O)c2ccccc2)=NN(C)C(C=O)=C1C=N.CNCc1cccc2[nH]ncc12. The standard InChI is InChI=1S/C16H16N4O2S.C9H11N3/c1-10-12(8-17)13(9-21)20(2)19-16(23-10)14(15(18)22)11-6-4-3-5-7-11;1-10-5-7-3-2-4-9-8(7)6-11-12-9/h3-9,14,17H,1H2,2H3,(H2,18,22);2-4,6,10H,5H2,1H3,(H,11,12). The van der Waals surface area contributed by atoms with Gasteiger partial charge in [0.2, 0.25) is 5.91 Å². The summed E-state index contributed by atoms with van der Waals surface area (Å²) in [6.07, 6.45) is 3.53. The summed E-state index contributed by atoms with van der Waals surface area (Å²) < 4.78 is 0. The van der Waals surface area contributed by atoms with Gasteiger partial charge in [-0.2, -0.15) is 10.2 Å². The number of aromatic amines is 1. The number of aromatic nitrogens is 2. The molecule has 0 aliphatic carbocycles. The van der Waals surface area contributed by atoms with Gasteiger partial charge >= 0.3 is 0 Å². The highest BCUT2D eigenvalue weighted by Crippen LogP contribution is 2.35. The molecule has 0 fully saturated rings. The van der Waals surface area contributed by atoms with Crippen LogP contribution in [-0.4, -0.2) is 52.8 Å². The zero-order valence-electron chi connectivity index (χ0n) is 19.5. The molecule has 4 rings (SSSR count). The van der Waals surface area contributed by atoms with Gasteiger partial charge in [-0.25, -0.2) is 0 Å². The Labute approximate surface area is 207 Å². The van der Waals surface area contributed by atoms with Gasteiger partial charge in [-0.1, -0.05) is 60.8 Å². The van der Waals surface area contributed by atoms with Crippen molar-refractivity contribution < 1.29 is 9.59 Å². The molecule has 2 aromatic carbocycles. The van der Waals surface area contributed by atoms with Gasteiger partial charge in [0.05, 0.1) is 11.7 Å². The van der Waals surface area contributed by atoms with Crippen LogP contribution in [0.5, 0.6) is 0 Å². The van der Waals surface area contributed by atoms with Gasteiger partial charge in [0, 0.05) is 35.7 Å². The molecule has 0 bridgehead atoms. The predicted molar refractivity (Wildman–Crippen MR) is 141 cm³/mol. The highest BCUT2D eigenvalue weighted by molar-refractivity contribution is 8.17. The summed E-state index contributed by atoms with van der Waals surface area (Å²) in [5, 5.41) is 24.8. The number of aldehydes is 1. The monoisotopic (exact) mass is 489 g/mol. The van der Waals surface area contributed by atoms with Crippen LogP contribution in [0.3, 0.4) is 0 Å². The molecule has 10 heteroatoms. The zero-order valence-corrected chi connectivity index (χ0v) is 20.3. The van der Waals surface area contributed by atoms with Crippen molar-refractivity contribution in [2.75, 3.05) is 14.1 Å². The van der Waals surface area contributed by atoms with Gasteiger partial charge in [0.1, 0.15) is 16.7 Å². The molecule has 1 atom stereocenters. The summed E-state index contributed by atoms with van der Waals surface area (Å²) >= 11 is 1.14. The maximum Gasteiger partial charge on any atom is 0.231 e. The number of hydrogen-bond acceptors (Lipinski definition) is 8. The molecule has 2 heterocycles. The first kappa shape index (κ1) is 25.6. The fourth-order valence-corrected chi connectivity index (χ4v) is 4.64. The minimum Gasteiger partial charge on any atom is -0.369 e. The van der Waals surface area contributed by atoms with Crippen LogP contribution in [0.1, 0.15) is 17.0 Å². The summed E-state index contributed by atoms with van der Waals surface area (Å²) in [4.78, 5) is 23.7. The average molecular weight is 490 g/mol. The molecule has 1 aromatic heterocycles.